The van der Waals surface area contributed by atoms with E-state index in [0.29, 0.717) is 31.0 Å². The second-order valence-electron chi connectivity index (χ2n) is 8.47. The monoisotopic (exact) mass is 484 g/mol. The molecule has 0 aliphatic carbocycles. The largest absolute Gasteiger partial charge is 0.442 e. The van der Waals surface area contributed by atoms with Crippen LogP contribution in [-0.4, -0.2) is 59.6 Å². The quantitative estimate of drug-likeness (QED) is 0.425. The van der Waals surface area contributed by atoms with Gasteiger partial charge in [-0.25, -0.2) is 9.78 Å². The van der Waals surface area contributed by atoms with Gasteiger partial charge in [0.15, 0.2) is 0 Å². The minimum Gasteiger partial charge on any atom is -0.442 e. The molecule has 1 atom stereocenters. The van der Waals surface area contributed by atoms with E-state index in [0.717, 1.165) is 28.8 Å². The molecule has 0 saturated carbocycles. The molecule has 2 N–H and O–H groups in total. The summed E-state index contributed by atoms with van der Waals surface area (Å²) in [4.78, 5) is 37.8. The van der Waals surface area contributed by atoms with Gasteiger partial charge >= 0.3 is 6.09 Å². The molecular formula is C27H28N6O3. The van der Waals surface area contributed by atoms with Gasteiger partial charge in [-0.2, -0.15) is 0 Å². The van der Waals surface area contributed by atoms with E-state index in [9.17, 15) is 9.59 Å². The number of carbonyl (C=O) groups excluding carboxylic acids is 2. The lowest BCUT2D eigenvalue weighted by Gasteiger charge is -2.12. The average Bonchev–Trinajstić information content (AvgIpc) is 3.28. The third-order valence-corrected chi connectivity index (χ3v) is 5.65. The standard InChI is InChI=1S/C27H28N6O3/c1-19(34)31-17-25-18-33(27(35)36-25)26-12-9-22(15-32-26)21-7-5-20(6-8-21)14-29-16-23(28)10-11-24-4-2-3-13-30-24/h2-9,12-15,25,28H,10-11,16-18H2,1H3,(H,31,34)/t25-/m0/s1. The maximum absolute atomic E-state index is 12.2. The van der Waals surface area contributed by atoms with E-state index in [1.54, 1.807) is 24.7 Å². The molecule has 3 aromatic rings. The van der Waals surface area contributed by atoms with Gasteiger partial charge in [-0.3, -0.25) is 19.7 Å². The Balaban J connectivity index is 1.28. The molecule has 1 aliphatic heterocycles. The molecule has 36 heavy (non-hydrogen) atoms. The average molecular weight is 485 g/mol. The summed E-state index contributed by atoms with van der Waals surface area (Å²) in [6.07, 6.45) is 5.77. The number of cyclic esters (lactones) is 1. The van der Waals surface area contributed by atoms with Gasteiger partial charge in [0.05, 0.1) is 19.6 Å². The van der Waals surface area contributed by atoms with Crippen molar-refractivity contribution in [3.05, 3.63) is 78.2 Å². The lowest BCUT2D eigenvalue weighted by atomic mass is 10.1. The highest BCUT2D eigenvalue weighted by molar-refractivity contribution is 5.89. The van der Waals surface area contributed by atoms with Crippen LogP contribution in [-0.2, 0) is 16.0 Å². The molecule has 3 heterocycles. The molecule has 0 spiro atoms. The van der Waals surface area contributed by atoms with E-state index in [-0.39, 0.29) is 12.5 Å². The summed E-state index contributed by atoms with van der Waals surface area (Å²) < 4.78 is 5.29. The van der Waals surface area contributed by atoms with Gasteiger partial charge in [-0.1, -0.05) is 30.3 Å². The fourth-order valence-electron chi connectivity index (χ4n) is 3.72. The summed E-state index contributed by atoms with van der Waals surface area (Å²) in [5.74, 6) is 0.337. The Kier molecular flexibility index (Phi) is 8.12. The summed E-state index contributed by atoms with van der Waals surface area (Å²) >= 11 is 0. The van der Waals surface area contributed by atoms with Crippen molar-refractivity contribution in [3.8, 4) is 11.1 Å². The zero-order valence-electron chi connectivity index (χ0n) is 20.1. The Morgan fingerprint density at radius 1 is 1.17 bits per heavy atom. The fourth-order valence-corrected chi connectivity index (χ4v) is 3.72. The number of ether oxygens (including phenoxy) is 1. The molecule has 9 nitrogen and oxygen atoms in total. The number of nitrogens with one attached hydrogen (secondary N) is 2. The van der Waals surface area contributed by atoms with Crippen LogP contribution >= 0.6 is 0 Å². The summed E-state index contributed by atoms with van der Waals surface area (Å²) in [6.45, 7) is 2.40. The molecule has 9 heteroatoms. The number of carbonyl (C=O) groups is 2. The minimum atomic E-state index is -0.473. The smallest absolute Gasteiger partial charge is 0.416 e. The third kappa shape index (κ3) is 6.82. The van der Waals surface area contributed by atoms with Crippen LogP contribution in [0.3, 0.4) is 0 Å². The Bertz CT molecular complexity index is 1230. The third-order valence-electron chi connectivity index (χ3n) is 5.65. The van der Waals surface area contributed by atoms with E-state index >= 15 is 0 Å². The van der Waals surface area contributed by atoms with Crippen LogP contribution in [0, 0.1) is 5.41 Å². The number of anilines is 1. The van der Waals surface area contributed by atoms with Gasteiger partial charge in [0, 0.05) is 42.5 Å². The molecule has 1 aliphatic rings. The Morgan fingerprint density at radius 3 is 2.67 bits per heavy atom. The number of nitrogens with zero attached hydrogens (tertiary/aromatic N) is 4. The van der Waals surface area contributed by atoms with Crippen molar-refractivity contribution in [1.82, 2.24) is 15.3 Å². The number of amides is 2. The second-order valence-corrected chi connectivity index (χ2v) is 8.47. The van der Waals surface area contributed by atoms with Crippen LogP contribution in [0.25, 0.3) is 11.1 Å². The van der Waals surface area contributed by atoms with E-state index in [1.807, 2.05) is 48.5 Å². The van der Waals surface area contributed by atoms with Crippen LogP contribution < -0.4 is 10.2 Å². The predicted molar refractivity (Wildman–Crippen MR) is 139 cm³/mol. The number of hydrogen-bond acceptors (Lipinski definition) is 7. The van der Waals surface area contributed by atoms with Gasteiger partial charge in [0.25, 0.3) is 0 Å². The van der Waals surface area contributed by atoms with Crippen molar-refractivity contribution in [1.29, 1.82) is 5.41 Å². The molecule has 1 aromatic carbocycles. The first-order chi connectivity index (χ1) is 17.5. The predicted octanol–water partition coefficient (Wildman–Crippen LogP) is 3.68. The van der Waals surface area contributed by atoms with E-state index in [4.69, 9.17) is 10.1 Å². The molecule has 1 fully saturated rings. The van der Waals surface area contributed by atoms with Crippen molar-refractivity contribution < 1.29 is 14.3 Å². The van der Waals surface area contributed by atoms with E-state index in [1.165, 1.54) is 11.8 Å². The SMILES string of the molecule is CC(=O)NC[C@H]1CN(c2ccc(-c3ccc(C=NCC(=N)CCc4ccccn4)cc3)cn2)C(=O)O1. The zero-order valence-corrected chi connectivity index (χ0v) is 20.1. The molecule has 0 unspecified atom stereocenters. The Labute approximate surface area is 209 Å². The van der Waals surface area contributed by atoms with E-state index < -0.39 is 12.2 Å². The van der Waals surface area contributed by atoms with Crippen molar-refractivity contribution in [2.75, 3.05) is 24.5 Å². The molecule has 0 bridgehead atoms. The van der Waals surface area contributed by atoms with Crippen LogP contribution in [0.15, 0.2) is 72.0 Å². The Hall–Kier alpha value is -4.40. The molecule has 2 amide bonds. The van der Waals surface area contributed by atoms with Crippen molar-refractivity contribution in [2.45, 2.75) is 25.9 Å². The molecule has 2 aromatic heterocycles. The second kappa shape index (κ2) is 11.8. The molecular weight excluding hydrogens is 456 g/mol. The van der Waals surface area contributed by atoms with Gasteiger partial charge in [0.1, 0.15) is 11.9 Å². The zero-order chi connectivity index (χ0) is 25.3. The van der Waals surface area contributed by atoms with Gasteiger partial charge < -0.3 is 15.5 Å². The first kappa shape index (κ1) is 24.7. The highest BCUT2D eigenvalue weighted by atomic mass is 16.6. The van der Waals surface area contributed by atoms with Gasteiger partial charge in [-0.05, 0) is 48.2 Å². The fraction of sp³-hybridized carbons (Fsp3) is 0.259. The molecule has 0 radical (unpaired) electrons. The number of aryl methyl sites for hydroxylation is 1. The molecule has 1 saturated heterocycles. The van der Waals surface area contributed by atoms with Crippen LogP contribution in [0.5, 0.6) is 0 Å². The first-order valence-electron chi connectivity index (χ1n) is 11.7. The lowest BCUT2D eigenvalue weighted by Crippen LogP contribution is -2.33. The summed E-state index contributed by atoms with van der Waals surface area (Å²) in [7, 11) is 0. The number of benzene rings is 1. The topological polar surface area (TPSA) is 121 Å². The van der Waals surface area contributed by atoms with Gasteiger partial charge in [0.2, 0.25) is 5.91 Å². The van der Waals surface area contributed by atoms with Crippen LogP contribution in [0.1, 0.15) is 24.6 Å². The number of rotatable bonds is 10. The van der Waals surface area contributed by atoms with Crippen LogP contribution in [0.4, 0.5) is 10.6 Å². The summed E-state index contributed by atoms with van der Waals surface area (Å²) in [5.41, 5.74) is 4.41. The Morgan fingerprint density at radius 2 is 1.97 bits per heavy atom. The first-order valence-corrected chi connectivity index (χ1v) is 11.7. The van der Waals surface area contributed by atoms with Crippen molar-refractivity contribution in [2.24, 2.45) is 4.99 Å². The number of pyridine rings is 2. The molecule has 184 valence electrons. The van der Waals surface area contributed by atoms with Crippen molar-refractivity contribution >= 4 is 29.7 Å². The highest BCUT2D eigenvalue weighted by Gasteiger charge is 2.33. The normalized spacial score (nSPS) is 15.2. The van der Waals surface area contributed by atoms with Crippen LogP contribution in [0.2, 0.25) is 0 Å². The summed E-state index contributed by atoms with van der Waals surface area (Å²) in [6, 6.07) is 17.4. The molecule has 4 rings (SSSR count). The highest BCUT2D eigenvalue weighted by Crippen LogP contribution is 2.24. The maximum Gasteiger partial charge on any atom is 0.416 e. The minimum absolute atomic E-state index is 0.166. The number of aliphatic imine (C=N–C) groups is 1. The maximum atomic E-state index is 12.2. The van der Waals surface area contributed by atoms with Gasteiger partial charge in [-0.15, -0.1) is 0 Å². The lowest BCUT2D eigenvalue weighted by molar-refractivity contribution is -0.119. The summed E-state index contributed by atoms with van der Waals surface area (Å²) in [5, 5.41) is 10.8. The van der Waals surface area contributed by atoms with E-state index in [2.05, 4.69) is 20.3 Å². The number of hydrogen-bond donors (Lipinski definition) is 2. The van der Waals surface area contributed by atoms with Crippen molar-refractivity contribution in [3.63, 3.8) is 0 Å². The number of aromatic nitrogens is 2.